The number of carbonyl (C=O) groups excluding carboxylic acids is 1. The quantitative estimate of drug-likeness (QED) is 0.775. The van der Waals surface area contributed by atoms with Crippen LogP contribution in [0.4, 0.5) is 5.69 Å². The number of fused-ring (bicyclic) bond motifs is 1. The number of anilines is 1. The lowest BCUT2D eigenvalue weighted by Gasteiger charge is -2.29. The van der Waals surface area contributed by atoms with Crippen molar-refractivity contribution in [3.8, 4) is 0 Å². The van der Waals surface area contributed by atoms with Crippen LogP contribution >= 0.6 is 0 Å². The van der Waals surface area contributed by atoms with Crippen molar-refractivity contribution >= 4 is 21.4 Å². The number of amides is 1. The Morgan fingerprint density at radius 1 is 1.11 bits per heavy atom. The zero-order valence-electron chi connectivity index (χ0n) is 16.2. The van der Waals surface area contributed by atoms with Crippen LogP contribution in [0, 0.1) is 5.92 Å². The van der Waals surface area contributed by atoms with E-state index in [1.807, 2.05) is 30.3 Å². The van der Waals surface area contributed by atoms with Gasteiger partial charge in [0.2, 0.25) is 5.91 Å². The SMILES string of the molecule is CC(=O)N1CCCc2cc(S(=O)(=O)CC(c3ccccc3)C(C)C)ccc21. The third-order valence-electron chi connectivity index (χ3n) is 5.34. The van der Waals surface area contributed by atoms with Crippen LogP contribution in [0.1, 0.15) is 44.2 Å². The van der Waals surface area contributed by atoms with Crippen molar-refractivity contribution in [2.24, 2.45) is 5.92 Å². The molecule has 1 aliphatic heterocycles. The van der Waals surface area contributed by atoms with Crippen molar-refractivity contribution in [2.45, 2.75) is 44.4 Å². The largest absolute Gasteiger partial charge is 0.312 e. The average Bonchev–Trinajstić information content (AvgIpc) is 2.65. The summed E-state index contributed by atoms with van der Waals surface area (Å²) in [6, 6.07) is 15.0. The Labute approximate surface area is 162 Å². The molecule has 0 saturated carbocycles. The number of nitrogens with zero attached hydrogens (tertiary/aromatic N) is 1. The highest BCUT2D eigenvalue weighted by atomic mass is 32.2. The third-order valence-corrected chi connectivity index (χ3v) is 7.11. The maximum atomic E-state index is 13.1. The maximum absolute atomic E-state index is 13.1. The van der Waals surface area contributed by atoms with Gasteiger partial charge in [0.05, 0.1) is 10.6 Å². The summed E-state index contributed by atoms with van der Waals surface area (Å²) in [5.41, 5.74) is 2.84. The number of rotatable bonds is 5. The van der Waals surface area contributed by atoms with Gasteiger partial charge in [0.15, 0.2) is 9.84 Å². The van der Waals surface area contributed by atoms with E-state index in [-0.39, 0.29) is 23.5 Å². The minimum absolute atomic E-state index is 0.00416. The second kappa shape index (κ2) is 7.85. The summed E-state index contributed by atoms with van der Waals surface area (Å²) >= 11 is 0. The Balaban J connectivity index is 1.92. The topological polar surface area (TPSA) is 54.5 Å². The highest BCUT2D eigenvalue weighted by Gasteiger charge is 2.27. The number of sulfone groups is 1. The molecule has 0 spiro atoms. The average molecular weight is 386 g/mol. The van der Waals surface area contributed by atoms with Gasteiger partial charge in [-0.1, -0.05) is 44.2 Å². The van der Waals surface area contributed by atoms with E-state index >= 15 is 0 Å². The second-order valence-electron chi connectivity index (χ2n) is 7.61. The molecule has 0 aromatic heterocycles. The van der Waals surface area contributed by atoms with Crippen molar-refractivity contribution in [1.82, 2.24) is 0 Å². The van der Waals surface area contributed by atoms with Crippen LogP contribution in [0.2, 0.25) is 0 Å². The molecule has 1 heterocycles. The monoisotopic (exact) mass is 385 g/mol. The molecule has 1 unspecified atom stereocenters. The molecule has 0 bridgehead atoms. The van der Waals surface area contributed by atoms with Gasteiger partial charge in [-0.25, -0.2) is 8.42 Å². The van der Waals surface area contributed by atoms with Crippen molar-refractivity contribution in [2.75, 3.05) is 17.2 Å². The Bertz CT molecular complexity index is 920. The van der Waals surface area contributed by atoms with Crippen molar-refractivity contribution in [3.05, 3.63) is 59.7 Å². The number of carbonyl (C=O) groups is 1. The molecule has 0 radical (unpaired) electrons. The van der Waals surface area contributed by atoms with Crippen LogP contribution in [0.5, 0.6) is 0 Å². The summed E-state index contributed by atoms with van der Waals surface area (Å²) in [6.45, 7) is 6.36. The third kappa shape index (κ3) is 4.24. The summed E-state index contributed by atoms with van der Waals surface area (Å²) < 4.78 is 26.3. The fourth-order valence-corrected chi connectivity index (χ4v) is 5.64. The zero-order valence-corrected chi connectivity index (χ0v) is 17.0. The van der Waals surface area contributed by atoms with Gasteiger partial charge in [-0.2, -0.15) is 0 Å². The predicted molar refractivity (Wildman–Crippen MR) is 109 cm³/mol. The van der Waals surface area contributed by atoms with Crippen LogP contribution in [-0.2, 0) is 21.1 Å². The molecule has 0 N–H and O–H groups in total. The molecule has 1 atom stereocenters. The molecule has 2 aromatic carbocycles. The highest BCUT2D eigenvalue weighted by molar-refractivity contribution is 7.91. The fourth-order valence-electron chi connectivity index (χ4n) is 3.80. The predicted octanol–water partition coefficient (Wildman–Crippen LogP) is 4.20. The first-order chi connectivity index (χ1) is 12.8. The van der Waals surface area contributed by atoms with E-state index in [0.29, 0.717) is 11.4 Å². The highest BCUT2D eigenvalue weighted by Crippen LogP contribution is 2.32. The minimum atomic E-state index is -3.43. The van der Waals surface area contributed by atoms with Gasteiger partial charge in [0.1, 0.15) is 0 Å². The lowest BCUT2D eigenvalue weighted by Crippen LogP contribution is -2.33. The Morgan fingerprint density at radius 3 is 2.44 bits per heavy atom. The summed E-state index contributed by atoms with van der Waals surface area (Å²) in [7, 11) is -3.43. The molecule has 2 aromatic rings. The molecular weight excluding hydrogens is 358 g/mol. The molecule has 0 fully saturated rings. The lowest BCUT2D eigenvalue weighted by molar-refractivity contribution is -0.116. The summed E-state index contributed by atoms with van der Waals surface area (Å²) in [4.78, 5) is 13.9. The summed E-state index contributed by atoms with van der Waals surface area (Å²) in [5.74, 6) is 0.244. The smallest absolute Gasteiger partial charge is 0.223 e. The van der Waals surface area contributed by atoms with Crippen LogP contribution in [0.15, 0.2) is 53.4 Å². The molecule has 27 heavy (non-hydrogen) atoms. The normalized spacial score (nSPS) is 15.5. The first-order valence-electron chi connectivity index (χ1n) is 9.48. The molecule has 3 rings (SSSR count). The standard InChI is InChI=1S/C22H27NO3S/c1-16(2)21(18-8-5-4-6-9-18)15-27(25,26)20-11-12-22-19(14-20)10-7-13-23(22)17(3)24/h4-6,8-9,11-12,14,16,21H,7,10,13,15H2,1-3H3. The van der Waals surface area contributed by atoms with Gasteiger partial charge < -0.3 is 4.90 Å². The van der Waals surface area contributed by atoms with Crippen molar-refractivity contribution in [3.63, 3.8) is 0 Å². The minimum Gasteiger partial charge on any atom is -0.312 e. The van der Waals surface area contributed by atoms with Gasteiger partial charge in [-0.3, -0.25) is 4.79 Å². The van der Waals surface area contributed by atoms with Gasteiger partial charge in [-0.15, -0.1) is 0 Å². The Kier molecular flexibility index (Phi) is 5.70. The number of benzene rings is 2. The molecule has 1 amide bonds. The van der Waals surface area contributed by atoms with E-state index in [1.165, 1.54) is 0 Å². The van der Waals surface area contributed by atoms with Gasteiger partial charge >= 0.3 is 0 Å². The molecule has 1 aliphatic rings. The number of aryl methyl sites for hydroxylation is 1. The van der Waals surface area contributed by atoms with E-state index in [0.717, 1.165) is 29.7 Å². The van der Waals surface area contributed by atoms with Gasteiger partial charge in [0.25, 0.3) is 0 Å². The van der Waals surface area contributed by atoms with Crippen LogP contribution in [0.25, 0.3) is 0 Å². The first-order valence-corrected chi connectivity index (χ1v) is 11.1. The van der Waals surface area contributed by atoms with E-state index in [9.17, 15) is 13.2 Å². The van der Waals surface area contributed by atoms with Crippen molar-refractivity contribution in [1.29, 1.82) is 0 Å². The van der Waals surface area contributed by atoms with E-state index in [1.54, 1.807) is 30.0 Å². The zero-order chi connectivity index (χ0) is 19.6. The Morgan fingerprint density at radius 2 is 1.81 bits per heavy atom. The molecule has 0 saturated heterocycles. The Hall–Kier alpha value is -2.14. The molecule has 144 valence electrons. The van der Waals surface area contributed by atoms with Gasteiger partial charge in [0, 0.05) is 25.1 Å². The van der Waals surface area contributed by atoms with Crippen molar-refractivity contribution < 1.29 is 13.2 Å². The first kappa shape index (κ1) is 19.6. The van der Waals surface area contributed by atoms with Crippen LogP contribution in [-0.4, -0.2) is 26.6 Å². The molecule has 4 nitrogen and oxygen atoms in total. The number of hydrogen-bond donors (Lipinski definition) is 0. The van der Waals surface area contributed by atoms with E-state index in [2.05, 4.69) is 13.8 Å². The summed E-state index contributed by atoms with van der Waals surface area (Å²) in [5, 5.41) is 0. The lowest BCUT2D eigenvalue weighted by atomic mass is 9.90. The molecule has 0 aliphatic carbocycles. The number of hydrogen-bond acceptors (Lipinski definition) is 3. The second-order valence-corrected chi connectivity index (χ2v) is 9.64. The fraction of sp³-hybridized carbons (Fsp3) is 0.409. The maximum Gasteiger partial charge on any atom is 0.223 e. The molecular formula is C22H27NO3S. The van der Waals surface area contributed by atoms with E-state index < -0.39 is 9.84 Å². The summed E-state index contributed by atoms with van der Waals surface area (Å²) in [6.07, 6.45) is 1.66. The van der Waals surface area contributed by atoms with E-state index in [4.69, 9.17) is 0 Å². The van der Waals surface area contributed by atoms with Crippen LogP contribution in [0.3, 0.4) is 0 Å². The van der Waals surface area contributed by atoms with Crippen LogP contribution < -0.4 is 4.90 Å². The molecule has 5 heteroatoms. The van der Waals surface area contributed by atoms with Gasteiger partial charge in [-0.05, 0) is 48.1 Å².